The summed E-state index contributed by atoms with van der Waals surface area (Å²) in [5.41, 5.74) is 2.43. The van der Waals surface area contributed by atoms with Crippen LogP contribution in [-0.2, 0) is 6.54 Å². The van der Waals surface area contributed by atoms with Crippen molar-refractivity contribution < 1.29 is 0 Å². The maximum absolute atomic E-state index is 4.46. The van der Waals surface area contributed by atoms with E-state index in [1.807, 2.05) is 12.3 Å². The van der Waals surface area contributed by atoms with E-state index in [1.165, 1.54) is 30.4 Å². The lowest BCUT2D eigenvalue weighted by molar-refractivity contribution is 0.439. The van der Waals surface area contributed by atoms with Crippen molar-refractivity contribution in [1.82, 2.24) is 15.1 Å². The van der Waals surface area contributed by atoms with E-state index >= 15 is 0 Å². The van der Waals surface area contributed by atoms with Crippen molar-refractivity contribution in [1.29, 1.82) is 0 Å². The quantitative estimate of drug-likeness (QED) is 0.793. The lowest BCUT2D eigenvalue weighted by Gasteiger charge is -2.15. The topological polar surface area (TPSA) is 29.9 Å². The molecule has 0 spiro atoms. The Balaban J connectivity index is 1.84. The number of nitrogens with one attached hydrogen (secondary N) is 1. The number of benzene rings is 1. The molecule has 1 heterocycles. The van der Waals surface area contributed by atoms with Crippen LogP contribution in [0, 0.1) is 0 Å². The molecular weight excluding hydrogens is 246 g/mol. The van der Waals surface area contributed by atoms with Crippen LogP contribution < -0.4 is 5.32 Å². The van der Waals surface area contributed by atoms with E-state index in [1.54, 1.807) is 0 Å². The van der Waals surface area contributed by atoms with Gasteiger partial charge in [-0.1, -0.05) is 44.2 Å². The predicted molar refractivity (Wildman–Crippen MR) is 84.7 cm³/mol. The van der Waals surface area contributed by atoms with Crippen molar-refractivity contribution in [3.63, 3.8) is 0 Å². The van der Waals surface area contributed by atoms with Gasteiger partial charge in [0.1, 0.15) is 0 Å². The van der Waals surface area contributed by atoms with E-state index in [2.05, 4.69) is 59.4 Å². The van der Waals surface area contributed by atoms with Crippen molar-refractivity contribution in [2.24, 2.45) is 0 Å². The number of aryl methyl sites for hydroxylation is 1. The standard InChI is InChI=1S/C17H25N3/c1-3-17(18-4-2)11-8-12-20-14-16(13-19-20)15-9-6-5-7-10-15/h5-7,9-10,13-14,17-18H,3-4,8,11-12H2,1-2H3. The number of hydrogen-bond donors (Lipinski definition) is 1. The molecule has 0 aliphatic rings. The zero-order valence-electron chi connectivity index (χ0n) is 12.5. The molecular formula is C17H25N3. The Hall–Kier alpha value is -1.61. The molecule has 0 bridgehead atoms. The Kier molecular flexibility index (Phi) is 5.81. The highest BCUT2D eigenvalue weighted by Gasteiger charge is 2.05. The van der Waals surface area contributed by atoms with Gasteiger partial charge in [-0.2, -0.15) is 5.10 Å². The Morgan fingerprint density at radius 1 is 1.15 bits per heavy atom. The highest BCUT2D eigenvalue weighted by molar-refractivity contribution is 5.61. The molecule has 0 amide bonds. The Morgan fingerprint density at radius 2 is 1.95 bits per heavy atom. The van der Waals surface area contributed by atoms with Crippen molar-refractivity contribution in [3.05, 3.63) is 42.7 Å². The van der Waals surface area contributed by atoms with Crippen molar-refractivity contribution >= 4 is 0 Å². The minimum absolute atomic E-state index is 0.643. The first kappa shape index (κ1) is 14.8. The van der Waals surface area contributed by atoms with E-state index in [0.717, 1.165) is 13.1 Å². The molecule has 2 rings (SSSR count). The molecule has 0 aliphatic heterocycles. The minimum Gasteiger partial charge on any atom is -0.314 e. The summed E-state index contributed by atoms with van der Waals surface area (Å²) in [6.45, 7) is 6.46. The summed E-state index contributed by atoms with van der Waals surface area (Å²) in [5, 5.41) is 7.98. The molecule has 1 aromatic carbocycles. The fraction of sp³-hybridized carbons (Fsp3) is 0.471. The molecule has 0 radical (unpaired) electrons. The zero-order valence-corrected chi connectivity index (χ0v) is 12.5. The third-order valence-electron chi connectivity index (χ3n) is 3.67. The van der Waals surface area contributed by atoms with E-state index in [0.29, 0.717) is 6.04 Å². The van der Waals surface area contributed by atoms with Crippen LogP contribution in [0.2, 0.25) is 0 Å². The molecule has 3 heteroatoms. The molecule has 1 aromatic heterocycles. The van der Waals surface area contributed by atoms with E-state index in [-0.39, 0.29) is 0 Å². The van der Waals surface area contributed by atoms with E-state index in [4.69, 9.17) is 0 Å². The number of aromatic nitrogens is 2. The molecule has 0 saturated carbocycles. The summed E-state index contributed by atoms with van der Waals surface area (Å²) in [4.78, 5) is 0. The first-order valence-electron chi connectivity index (χ1n) is 7.64. The van der Waals surface area contributed by atoms with Gasteiger partial charge >= 0.3 is 0 Å². The fourth-order valence-corrected chi connectivity index (χ4v) is 2.50. The predicted octanol–water partition coefficient (Wildman–Crippen LogP) is 3.72. The second kappa shape index (κ2) is 7.85. The van der Waals surface area contributed by atoms with E-state index < -0.39 is 0 Å². The summed E-state index contributed by atoms with van der Waals surface area (Å²) in [5.74, 6) is 0. The van der Waals surface area contributed by atoms with Crippen LogP contribution in [0.5, 0.6) is 0 Å². The van der Waals surface area contributed by atoms with Crippen LogP contribution in [-0.4, -0.2) is 22.4 Å². The number of hydrogen-bond acceptors (Lipinski definition) is 2. The van der Waals surface area contributed by atoms with E-state index in [9.17, 15) is 0 Å². The summed E-state index contributed by atoms with van der Waals surface area (Å²) in [6, 6.07) is 11.1. The van der Waals surface area contributed by atoms with Gasteiger partial charge in [0, 0.05) is 24.3 Å². The second-order valence-electron chi connectivity index (χ2n) is 5.16. The van der Waals surface area contributed by atoms with Gasteiger partial charge in [0.2, 0.25) is 0 Å². The molecule has 3 nitrogen and oxygen atoms in total. The monoisotopic (exact) mass is 271 g/mol. The van der Waals surface area contributed by atoms with Crippen LogP contribution in [0.25, 0.3) is 11.1 Å². The van der Waals surface area contributed by atoms with Gasteiger partial charge in [0.15, 0.2) is 0 Å². The summed E-state index contributed by atoms with van der Waals surface area (Å²) in [7, 11) is 0. The molecule has 0 aliphatic carbocycles. The van der Waals surface area contributed by atoms with Crippen LogP contribution in [0.3, 0.4) is 0 Å². The van der Waals surface area contributed by atoms with Crippen molar-refractivity contribution in [2.75, 3.05) is 6.54 Å². The first-order valence-corrected chi connectivity index (χ1v) is 7.64. The zero-order chi connectivity index (χ0) is 14.2. The highest BCUT2D eigenvalue weighted by atomic mass is 15.3. The van der Waals surface area contributed by atoms with Crippen molar-refractivity contribution in [3.8, 4) is 11.1 Å². The van der Waals surface area contributed by atoms with Gasteiger partial charge in [0.05, 0.1) is 6.20 Å². The summed E-state index contributed by atoms with van der Waals surface area (Å²) in [6.07, 6.45) is 7.68. The molecule has 108 valence electrons. The Bertz CT molecular complexity index is 490. The lowest BCUT2D eigenvalue weighted by atomic mass is 10.1. The maximum atomic E-state index is 4.46. The lowest BCUT2D eigenvalue weighted by Crippen LogP contribution is -2.28. The average molecular weight is 271 g/mol. The van der Waals surface area contributed by atoms with Gasteiger partial charge in [-0.15, -0.1) is 0 Å². The van der Waals surface area contributed by atoms with Crippen molar-refractivity contribution in [2.45, 2.75) is 45.7 Å². The number of nitrogens with zero attached hydrogens (tertiary/aromatic N) is 2. The number of rotatable bonds is 8. The first-order chi connectivity index (χ1) is 9.83. The molecule has 1 atom stereocenters. The molecule has 1 unspecified atom stereocenters. The van der Waals surface area contributed by atoms with Crippen LogP contribution >= 0.6 is 0 Å². The van der Waals surface area contributed by atoms with Crippen LogP contribution in [0.15, 0.2) is 42.7 Å². The molecule has 0 saturated heterocycles. The molecule has 0 fully saturated rings. The van der Waals surface area contributed by atoms with Gasteiger partial charge in [-0.3, -0.25) is 4.68 Å². The second-order valence-corrected chi connectivity index (χ2v) is 5.16. The van der Waals surface area contributed by atoms with Gasteiger partial charge in [0.25, 0.3) is 0 Å². The van der Waals surface area contributed by atoms with Gasteiger partial charge in [-0.05, 0) is 31.4 Å². The average Bonchev–Trinajstić information content (AvgIpc) is 2.96. The molecule has 20 heavy (non-hydrogen) atoms. The minimum atomic E-state index is 0.643. The SMILES string of the molecule is CCNC(CC)CCCn1cc(-c2ccccc2)cn1. The smallest absolute Gasteiger partial charge is 0.0568 e. The Morgan fingerprint density at radius 3 is 2.65 bits per heavy atom. The normalized spacial score (nSPS) is 12.5. The molecule has 1 N–H and O–H groups in total. The van der Waals surface area contributed by atoms with Gasteiger partial charge < -0.3 is 5.32 Å². The molecule has 2 aromatic rings. The Labute approximate surface area is 122 Å². The maximum Gasteiger partial charge on any atom is 0.0568 e. The third-order valence-corrected chi connectivity index (χ3v) is 3.67. The van der Waals surface area contributed by atoms with Gasteiger partial charge in [-0.25, -0.2) is 0 Å². The van der Waals surface area contributed by atoms with Crippen LogP contribution in [0.4, 0.5) is 0 Å². The summed E-state index contributed by atoms with van der Waals surface area (Å²) < 4.78 is 2.06. The largest absolute Gasteiger partial charge is 0.314 e. The third kappa shape index (κ3) is 4.20. The fourth-order valence-electron chi connectivity index (χ4n) is 2.50. The van der Waals surface area contributed by atoms with Crippen LogP contribution in [0.1, 0.15) is 33.1 Å². The summed E-state index contributed by atoms with van der Waals surface area (Å²) >= 11 is 0. The highest BCUT2D eigenvalue weighted by Crippen LogP contribution is 2.17.